The Balaban J connectivity index is 1.91. The number of amides is 1. The molecule has 1 aromatic rings. The Bertz CT molecular complexity index is 505. The summed E-state index contributed by atoms with van der Waals surface area (Å²) < 4.78 is 0. The van der Waals surface area contributed by atoms with Gasteiger partial charge in [0, 0.05) is 24.4 Å². The van der Waals surface area contributed by atoms with E-state index in [1.807, 2.05) is 4.90 Å². The molecule has 0 radical (unpaired) electrons. The molecule has 6 heteroatoms. The molecule has 0 atom stereocenters. The van der Waals surface area contributed by atoms with Crippen LogP contribution in [-0.4, -0.2) is 40.0 Å². The van der Waals surface area contributed by atoms with Crippen LogP contribution in [0.25, 0.3) is 0 Å². The summed E-state index contributed by atoms with van der Waals surface area (Å²) in [6, 6.07) is 0. The van der Waals surface area contributed by atoms with E-state index >= 15 is 0 Å². The molecule has 0 aliphatic carbocycles. The average molecular weight is 310 g/mol. The molecule has 2 rings (SSSR count). The first-order valence-electron chi connectivity index (χ1n) is 7.43. The molecular formula is C15H22N2O3S. The van der Waals surface area contributed by atoms with Gasteiger partial charge >= 0.3 is 5.97 Å². The van der Waals surface area contributed by atoms with Crippen LogP contribution in [0.4, 0.5) is 0 Å². The van der Waals surface area contributed by atoms with Crippen molar-refractivity contribution in [3.8, 4) is 0 Å². The van der Waals surface area contributed by atoms with E-state index in [0.717, 1.165) is 17.7 Å². The monoisotopic (exact) mass is 310 g/mol. The van der Waals surface area contributed by atoms with Crippen LogP contribution in [0, 0.1) is 5.92 Å². The van der Waals surface area contributed by atoms with Gasteiger partial charge < -0.3 is 10.0 Å². The first kappa shape index (κ1) is 15.9. The van der Waals surface area contributed by atoms with Gasteiger partial charge in [0.15, 0.2) is 0 Å². The zero-order chi connectivity index (χ0) is 15.4. The summed E-state index contributed by atoms with van der Waals surface area (Å²) in [5, 5.41) is 8.72. The number of hydrogen-bond acceptors (Lipinski definition) is 4. The molecule has 1 amide bonds. The minimum Gasteiger partial charge on any atom is -0.481 e. The number of thiazole rings is 1. The largest absolute Gasteiger partial charge is 0.481 e. The molecule has 2 heterocycles. The average Bonchev–Trinajstić information content (AvgIpc) is 2.94. The fourth-order valence-corrected chi connectivity index (χ4v) is 3.52. The highest BCUT2D eigenvalue weighted by Gasteiger charge is 2.27. The van der Waals surface area contributed by atoms with E-state index in [9.17, 15) is 9.59 Å². The zero-order valence-electron chi connectivity index (χ0n) is 12.5. The van der Waals surface area contributed by atoms with Crippen LogP contribution in [0.2, 0.25) is 0 Å². The molecule has 0 spiro atoms. The molecule has 1 aromatic heterocycles. The second-order valence-corrected chi connectivity index (χ2v) is 6.77. The summed E-state index contributed by atoms with van der Waals surface area (Å²) >= 11 is 1.54. The van der Waals surface area contributed by atoms with Gasteiger partial charge in [-0.2, -0.15) is 0 Å². The number of carbonyl (C=O) groups is 2. The summed E-state index contributed by atoms with van der Waals surface area (Å²) in [4.78, 5) is 30.3. The molecule has 0 aromatic carbocycles. The van der Waals surface area contributed by atoms with Crippen molar-refractivity contribution in [3.63, 3.8) is 0 Å². The van der Waals surface area contributed by atoms with Gasteiger partial charge in [0.05, 0.1) is 5.51 Å². The van der Waals surface area contributed by atoms with Crippen LogP contribution in [0.5, 0.6) is 0 Å². The van der Waals surface area contributed by atoms with Gasteiger partial charge in [-0.05, 0) is 31.1 Å². The second-order valence-electron chi connectivity index (χ2n) is 5.89. The first-order valence-corrected chi connectivity index (χ1v) is 8.31. The lowest BCUT2D eigenvalue weighted by Crippen LogP contribution is -2.39. The Morgan fingerprint density at radius 3 is 2.67 bits per heavy atom. The maximum Gasteiger partial charge on any atom is 0.303 e. The van der Waals surface area contributed by atoms with E-state index in [4.69, 9.17) is 5.11 Å². The minimum absolute atomic E-state index is 0.0247. The minimum atomic E-state index is -0.738. The van der Waals surface area contributed by atoms with Gasteiger partial charge in [-0.25, -0.2) is 4.98 Å². The van der Waals surface area contributed by atoms with Crippen molar-refractivity contribution in [1.29, 1.82) is 0 Å². The van der Waals surface area contributed by atoms with Crippen molar-refractivity contribution >= 4 is 23.2 Å². The van der Waals surface area contributed by atoms with Gasteiger partial charge in [0.2, 0.25) is 0 Å². The quantitative estimate of drug-likeness (QED) is 0.907. The van der Waals surface area contributed by atoms with E-state index < -0.39 is 5.97 Å². The van der Waals surface area contributed by atoms with E-state index in [1.165, 1.54) is 11.3 Å². The maximum absolute atomic E-state index is 12.5. The summed E-state index contributed by atoms with van der Waals surface area (Å²) in [5.41, 5.74) is 2.33. The lowest BCUT2D eigenvalue weighted by molar-refractivity contribution is -0.137. The number of aromatic nitrogens is 1. The van der Waals surface area contributed by atoms with E-state index in [-0.39, 0.29) is 12.3 Å². The van der Waals surface area contributed by atoms with E-state index in [0.29, 0.717) is 37.0 Å². The van der Waals surface area contributed by atoms with Gasteiger partial charge in [0.25, 0.3) is 5.91 Å². The van der Waals surface area contributed by atoms with Gasteiger partial charge in [-0.1, -0.05) is 13.8 Å². The molecular weight excluding hydrogens is 288 g/mol. The summed E-state index contributed by atoms with van der Waals surface area (Å²) in [6.07, 6.45) is 2.72. The van der Waals surface area contributed by atoms with Crippen molar-refractivity contribution in [1.82, 2.24) is 9.88 Å². The highest BCUT2D eigenvalue weighted by atomic mass is 32.1. The van der Waals surface area contributed by atoms with Crippen LogP contribution >= 0.6 is 11.3 Å². The number of aliphatic carboxylic acids is 1. The number of rotatable bonds is 5. The van der Waals surface area contributed by atoms with Crippen LogP contribution in [0.15, 0.2) is 5.51 Å². The van der Waals surface area contributed by atoms with Crippen molar-refractivity contribution in [2.24, 2.45) is 5.92 Å². The fourth-order valence-electron chi connectivity index (χ4n) is 2.73. The highest BCUT2D eigenvalue weighted by molar-refractivity contribution is 7.10. The molecule has 0 saturated carbocycles. The predicted octanol–water partition coefficient (Wildman–Crippen LogP) is 2.98. The molecule has 1 fully saturated rings. The Morgan fingerprint density at radius 2 is 2.10 bits per heavy atom. The third kappa shape index (κ3) is 4.03. The van der Waals surface area contributed by atoms with Crippen LogP contribution in [-0.2, 0) is 4.79 Å². The number of piperidine rings is 1. The maximum atomic E-state index is 12.5. The number of hydrogen-bond donors (Lipinski definition) is 1. The van der Waals surface area contributed by atoms with Crippen LogP contribution in [0.3, 0.4) is 0 Å². The van der Waals surface area contributed by atoms with Crippen LogP contribution in [0.1, 0.15) is 60.8 Å². The molecule has 0 bridgehead atoms. The SMILES string of the molecule is CC(C)c1scnc1C(=O)N1CCC(CCC(=O)O)CC1. The summed E-state index contributed by atoms with van der Waals surface area (Å²) in [7, 11) is 0. The lowest BCUT2D eigenvalue weighted by atomic mass is 9.92. The number of carboxylic acid groups (broad SMARTS) is 1. The van der Waals surface area contributed by atoms with E-state index in [1.54, 1.807) is 5.51 Å². The second kappa shape index (κ2) is 7.02. The summed E-state index contributed by atoms with van der Waals surface area (Å²) in [5.74, 6) is 0.0175. The smallest absolute Gasteiger partial charge is 0.303 e. The normalized spacial score (nSPS) is 16.4. The van der Waals surface area contributed by atoms with Gasteiger partial charge in [0.1, 0.15) is 5.69 Å². The van der Waals surface area contributed by atoms with E-state index in [2.05, 4.69) is 18.8 Å². The Hall–Kier alpha value is -1.43. The Kier molecular flexibility index (Phi) is 5.33. The van der Waals surface area contributed by atoms with Gasteiger partial charge in [-0.15, -0.1) is 11.3 Å². The first-order chi connectivity index (χ1) is 9.99. The Morgan fingerprint density at radius 1 is 1.43 bits per heavy atom. The number of nitrogens with zero attached hydrogens (tertiary/aromatic N) is 2. The number of carboxylic acids is 1. The predicted molar refractivity (Wildman–Crippen MR) is 81.7 cm³/mol. The third-order valence-corrected chi connectivity index (χ3v) is 5.12. The van der Waals surface area contributed by atoms with Crippen molar-refractivity contribution in [3.05, 3.63) is 16.1 Å². The fraction of sp³-hybridized carbons (Fsp3) is 0.667. The Labute approximate surface area is 129 Å². The molecule has 116 valence electrons. The van der Waals surface area contributed by atoms with Crippen molar-refractivity contribution in [2.75, 3.05) is 13.1 Å². The standard InChI is InChI=1S/C15H22N2O3S/c1-10(2)14-13(16-9-21-14)15(20)17-7-5-11(6-8-17)3-4-12(18)19/h9-11H,3-8H2,1-2H3,(H,18,19). The summed E-state index contributed by atoms with van der Waals surface area (Å²) in [6.45, 7) is 5.56. The lowest BCUT2D eigenvalue weighted by Gasteiger charge is -2.31. The topological polar surface area (TPSA) is 70.5 Å². The molecule has 1 saturated heterocycles. The molecule has 1 N–H and O–H groups in total. The number of likely N-dealkylation sites (tertiary alicyclic amines) is 1. The van der Waals surface area contributed by atoms with Crippen molar-refractivity contribution in [2.45, 2.75) is 45.4 Å². The zero-order valence-corrected chi connectivity index (χ0v) is 13.4. The molecule has 21 heavy (non-hydrogen) atoms. The number of carbonyl (C=O) groups excluding carboxylic acids is 1. The molecule has 0 unspecified atom stereocenters. The van der Waals surface area contributed by atoms with Gasteiger partial charge in [-0.3, -0.25) is 9.59 Å². The highest BCUT2D eigenvalue weighted by Crippen LogP contribution is 2.27. The molecule has 1 aliphatic heterocycles. The molecule has 5 nitrogen and oxygen atoms in total. The van der Waals surface area contributed by atoms with Crippen molar-refractivity contribution < 1.29 is 14.7 Å². The third-order valence-electron chi connectivity index (χ3n) is 3.99. The molecule has 1 aliphatic rings. The van der Waals surface area contributed by atoms with Crippen LogP contribution < -0.4 is 0 Å².